The number of nitrogens with zero attached hydrogens (tertiary/aromatic N) is 3. The molecule has 1 N–H and O–H groups in total. The lowest BCUT2D eigenvalue weighted by atomic mass is 10.2. The summed E-state index contributed by atoms with van der Waals surface area (Å²) in [7, 11) is 0. The number of hydrogen-bond donors (Lipinski definition) is 1. The standard InChI is InChI=1S/C10H18N4O/c1-3-8-10-13-12-9(7-15-4-2)14(10)6-5-11-8/h8,11H,3-7H2,1-2H3. The normalized spacial score (nSPS) is 20.3. The van der Waals surface area contributed by atoms with Crippen molar-refractivity contribution >= 4 is 0 Å². The van der Waals surface area contributed by atoms with Crippen molar-refractivity contribution < 1.29 is 4.74 Å². The quantitative estimate of drug-likeness (QED) is 0.801. The van der Waals surface area contributed by atoms with E-state index in [4.69, 9.17) is 4.74 Å². The van der Waals surface area contributed by atoms with Crippen LogP contribution in [-0.2, 0) is 17.9 Å². The summed E-state index contributed by atoms with van der Waals surface area (Å²) in [5.41, 5.74) is 0. The van der Waals surface area contributed by atoms with Crippen molar-refractivity contribution in [3.05, 3.63) is 11.6 Å². The fourth-order valence-electron chi connectivity index (χ4n) is 1.92. The molecule has 1 atom stereocenters. The molecule has 0 bridgehead atoms. The number of aromatic nitrogens is 3. The van der Waals surface area contributed by atoms with Crippen molar-refractivity contribution in [1.82, 2.24) is 20.1 Å². The molecule has 15 heavy (non-hydrogen) atoms. The first-order valence-corrected chi connectivity index (χ1v) is 5.59. The molecule has 1 unspecified atom stereocenters. The summed E-state index contributed by atoms with van der Waals surface area (Å²) < 4.78 is 7.55. The van der Waals surface area contributed by atoms with Gasteiger partial charge in [-0.3, -0.25) is 0 Å². The molecule has 1 aromatic heterocycles. The van der Waals surface area contributed by atoms with Crippen LogP contribution in [0, 0.1) is 0 Å². The summed E-state index contributed by atoms with van der Waals surface area (Å²) >= 11 is 0. The van der Waals surface area contributed by atoms with Crippen molar-refractivity contribution in [2.24, 2.45) is 0 Å². The van der Waals surface area contributed by atoms with E-state index in [2.05, 4.69) is 27.0 Å². The van der Waals surface area contributed by atoms with Gasteiger partial charge in [-0.15, -0.1) is 10.2 Å². The lowest BCUT2D eigenvalue weighted by molar-refractivity contribution is 0.124. The third-order valence-corrected chi connectivity index (χ3v) is 2.74. The molecule has 1 aromatic rings. The fourth-order valence-corrected chi connectivity index (χ4v) is 1.92. The van der Waals surface area contributed by atoms with E-state index in [-0.39, 0.29) is 0 Å². The minimum atomic E-state index is 0.349. The predicted octanol–water partition coefficient (Wildman–Crippen LogP) is 0.869. The van der Waals surface area contributed by atoms with Gasteiger partial charge in [0.1, 0.15) is 12.4 Å². The van der Waals surface area contributed by atoms with Crippen molar-refractivity contribution in [3.8, 4) is 0 Å². The number of rotatable bonds is 4. The van der Waals surface area contributed by atoms with Gasteiger partial charge in [-0.25, -0.2) is 0 Å². The Balaban J connectivity index is 2.18. The molecule has 0 spiro atoms. The van der Waals surface area contributed by atoms with Gasteiger partial charge in [-0.1, -0.05) is 6.92 Å². The van der Waals surface area contributed by atoms with E-state index in [0.717, 1.165) is 37.8 Å². The molecule has 84 valence electrons. The highest BCUT2D eigenvalue weighted by Gasteiger charge is 2.22. The van der Waals surface area contributed by atoms with Crippen LogP contribution in [0.3, 0.4) is 0 Å². The second-order valence-electron chi connectivity index (χ2n) is 3.68. The van der Waals surface area contributed by atoms with E-state index in [0.29, 0.717) is 12.6 Å². The van der Waals surface area contributed by atoms with Gasteiger partial charge in [-0.05, 0) is 13.3 Å². The van der Waals surface area contributed by atoms with Crippen molar-refractivity contribution in [2.75, 3.05) is 13.2 Å². The Labute approximate surface area is 89.8 Å². The van der Waals surface area contributed by atoms with Gasteiger partial charge in [0, 0.05) is 19.7 Å². The molecule has 2 heterocycles. The second-order valence-corrected chi connectivity index (χ2v) is 3.68. The van der Waals surface area contributed by atoms with E-state index in [1.165, 1.54) is 0 Å². The summed E-state index contributed by atoms with van der Waals surface area (Å²) in [4.78, 5) is 0. The molecule has 2 rings (SSSR count). The first kappa shape index (κ1) is 10.6. The molecule has 0 fully saturated rings. The van der Waals surface area contributed by atoms with Gasteiger partial charge in [-0.2, -0.15) is 0 Å². The molecule has 5 nitrogen and oxygen atoms in total. The molecule has 0 saturated heterocycles. The van der Waals surface area contributed by atoms with Crippen molar-refractivity contribution in [1.29, 1.82) is 0 Å². The van der Waals surface area contributed by atoms with Crippen LogP contribution in [0.1, 0.15) is 38.0 Å². The summed E-state index contributed by atoms with van der Waals surface area (Å²) in [5, 5.41) is 11.8. The highest BCUT2D eigenvalue weighted by molar-refractivity contribution is 5.03. The molecule has 0 amide bonds. The molecule has 0 aromatic carbocycles. The van der Waals surface area contributed by atoms with Gasteiger partial charge < -0.3 is 14.6 Å². The fraction of sp³-hybridized carbons (Fsp3) is 0.800. The van der Waals surface area contributed by atoms with Crippen LogP contribution in [0.5, 0.6) is 0 Å². The van der Waals surface area contributed by atoms with Crippen LogP contribution < -0.4 is 5.32 Å². The van der Waals surface area contributed by atoms with Gasteiger partial charge in [0.15, 0.2) is 5.82 Å². The van der Waals surface area contributed by atoms with Crippen LogP contribution in [0.4, 0.5) is 0 Å². The van der Waals surface area contributed by atoms with Crippen molar-refractivity contribution in [2.45, 2.75) is 39.5 Å². The van der Waals surface area contributed by atoms with Gasteiger partial charge in [0.2, 0.25) is 0 Å². The third kappa shape index (κ3) is 2.03. The summed E-state index contributed by atoms with van der Waals surface area (Å²) in [5.74, 6) is 2.00. The number of nitrogens with one attached hydrogen (secondary N) is 1. The van der Waals surface area contributed by atoms with Crippen LogP contribution in [0.25, 0.3) is 0 Å². The Morgan fingerprint density at radius 1 is 1.47 bits per heavy atom. The maximum absolute atomic E-state index is 5.37. The number of ether oxygens (including phenoxy) is 1. The first-order chi connectivity index (χ1) is 7.36. The topological polar surface area (TPSA) is 52.0 Å². The molecule has 0 aliphatic carbocycles. The predicted molar refractivity (Wildman–Crippen MR) is 56.4 cm³/mol. The minimum absolute atomic E-state index is 0.349. The number of hydrogen-bond acceptors (Lipinski definition) is 4. The zero-order valence-electron chi connectivity index (χ0n) is 9.36. The molecule has 1 aliphatic rings. The lowest BCUT2D eigenvalue weighted by Gasteiger charge is -2.23. The van der Waals surface area contributed by atoms with E-state index in [1.54, 1.807) is 0 Å². The van der Waals surface area contributed by atoms with E-state index in [1.807, 2.05) is 6.92 Å². The largest absolute Gasteiger partial charge is 0.374 e. The summed E-state index contributed by atoms with van der Waals surface area (Å²) in [6.07, 6.45) is 1.05. The molecule has 0 saturated carbocycles. The Bertz CT molecular complexity index is 323. The van der Waals surface area contributed by atoms with Gasteiger partial charge in [0.25, 0.3) is 0 Å². The average molecular weight is 210 g/mol. The maximum atomic E-state index is 5.37. The smallest absolute Gasteiger partial charge is 0.159 e. The monoisotopic (exact) mass is 210 g/mol. The molecular formula is C10H18N4O. The van der Waals surface area contributed by atoms with Crippen molar-refractivity contribution in [3.63, 3.8) is 0 Å². The molecular weight excluding hydrogens is 192 g/mol. The highest BCUT2D eigenvalue weighted by Crippen LogP contribution is 2.19. The maximum Gasteiger partial charge on any atom is 0.159 e. The first-order valence-electron chi connectivity index (χ1n) is 5.59. The highest BCUT2D eigenvalue weighted by atomic mass is 16.5. The summed E-state index contributed by atoms with van der Waals surface area (Å²) in [6.45, 7) is 7.37. The zero-order chi connectivity index (χ0) is 10.7. The van der Waals surface area contributed by atoms with E-state index in [9.17, 15) is 0 Å². The Morgan fingerprint density at radius 2 is 2.33 bits per heavy atom. The summed E-state index contributed by atoms with van der Waals surface area (Å²) in [6, 6.07) is 0.349. The van der Waals surface area contributed by atoms with Crippen LogP contribution in [0.2, 0.25) is 0 Å². The van der Waals surface area contributed by atoms with E-state index >= 15 is 0 Å². The average Bonchev–Trinajstić information content (AvgIpc) is 2.69. The van der Waals surface area contributed by atoms with Crippen LogP contribution in [-0.4, -0.2) is 27.9 Å². The van der Waals surface area contributed by atoms with Gasteiger partial charge >= 0.3 is 0 Å². The minimum Gasteiger partial charge on any atom is -0.374 e. The molecule has 5 heteroatoms. The lowest BCUT2D eigenvalue weighted by Crippen LogP contribution is -2.34. The Morgan fingerprint density at radius 3 is 3.07 bits per heavy atom. The Kier molecular flexibility index (Phi) is 3.33. The van der Waals surface area contributed by atoms with Crippen LogP contribution in [0.15, 0.2) is 0 Å². The third-order valence-electron chi connectivity index (χ3n) is 2.74. The van der Waals surface area contributed by atoms with Crippen LogP contribution >= 0.6 is 0 Å². The van der Waals surface area contributed by atoms with E-state index < -0.39 is 0 Å². The molecule has 1 aliphatic heterocycles. The second kappa shape index (κ2) is 4.72. The number of fused-ring (bicyclic) bond motifs is 1. The molecule has 0 radical (unpaired) electrons. The van der Waals surface area contributed by atoms with Gasteiger partial charge in [0.05, 0.1) is 6.04 Å². The SMILES string of the molecule is CCOCc1nnc2n1CCNC2CC. The Hall–Kier alpha value is -0.940. The zero-order valence-corrected chi connectivity index (χ0v) is 9.36.